The predicted octanol–water partition coefficient (Wildman–Crippen LogP) is 4.97. The summed E-state index contributed by atoms with van der Waals surface area (Å²) >= 11 is 6.20. The van der Waals surface area contributed by atoms with Crippen molar-refractivity contribution in [2.24, 2.45) is 5.41 Å². The molecule has 0 aliphatic carbocycles. The maximum atomic E-state index is 11.2. The van der Waals surface area contributed by atoms with Gasteiger partial charge in [-0.15, -0.1) is 0 Å². The maximum Gasteiger partial charge on any atom is 0.511 e. The second kappa shape index (κ2) is 7.76. The molecule has 0 radical (unpaired) electrons. The summed E-state index contributed by atoms with van der Waals surface area (Å²) in [6.45, 7) is 7.63. The number of carbonyl (C=O) groups is 1. The fourth-order valence-electron chi connectivity index (χ4n) is 4.30. The lowest BCUT2D eigenvalue weighted by Crippen LogP contribution is -2.37. The Balaban J connectivity index is 1.70. The van der Waals surface area contributed by atoms with Gasteiger partial charge in [0.1, 0.15) is 0 Å². The first-order valence-electron chi connectivity index (χ1n) is 9.76. The quantitative estimate of drug-likeness (QED) is 0.543. The summed E-state index contributed by atoms with van der Waals surface area (Å²) in [5, 5.41) is 13.1. The van der Waals surface area contributed by atoms with Gasteiger partial charge in [0, 0.05) is 29.9 Å². The molecule has 2 aliphatic rings. The molecular weight excluding hydrogens is 392 g/mol. The van der Waals surface area contributed by atoms with Crippen LogP contribution < -0.4 is 15.0 Å². The molecule has 154 valence electrons. The second-order valence-electron chi connectivity index (χ2n) is 8.24. The Labute approximate surface area is 175 Å². The van der Waals surface area contributed by atoms with Gasteiger partial charge < -0.3 is 24.8 Å². The monoisotopic (exact) mass is 416 g/mol. The Bertz CT molecular complexity index is 925. The molecule has 2 heterocycles. The minimum atomic E-state index is -1.35. The number of morpholine rings is 1. The number of rotatable bonds is 3. The molecule has 2 aromatic carbocycles. The van der Waals surface area contributed by atoms with E-state index in [9.17, 15) is 4.79 Å². The Morgan fingerprint density at radius 2 is 2.03 bits per heavy atom. The summed E-state index contributed by atoms with van der Waals surface area (Å²) in [7, 11) is 0. The third-order valence-corrected chi connectivity index (χ3v) is 5.86. The highest BCUT2D eigenvalue weighted by molar-refractivity contribution is 6.31. The van der Waals surface area contributed by atoms with E-state index < -0.39 is 6.16 Å². The lowest BCUT2D eigenvalue weighted by Gasteiger charge is -2.42. The maximum absolute atomic E-state index is 11.2. The smallest absolute Gasteiger partial charge is 0.449 e. The minimum absolute atomic E-state index is 0.00619. The van der Waals surface area contributed by atoms with Crippen LogP contribution in [-0.4, -0.2) is 37.6 Å². The molecule has 1 fully saturated rings. The zero-order valence-electron chi connectivity index (χ0n) is 16.6. The summed E-state index contributed by atoms with van der Waals surface area (Å²) in [5.41, 5.74) is 3.87. The normalized spacial score (nSPS) is 20.5. The first-order valence-corrected chi connectivity index (χ1v) is 10.1. The number of hydrogen-bond acceptors (Lipinski definition) is 5. The average molecular weight is 417 g/mol. The van der Waals surface area contributed by atoms with E-state index in [2.05, 4.69) is 48.3 Å². The van der Waals surface area contributed by atoms with Gasteiger partial charge >= 0.3 is 6.16 Å². The van der Waals surface area contributed by atoms with E-state index in [1.165, 1.54) is 5.69 Å². The van der Waals surface area contributed by atoms with Crippen molar-refractivity contribution >= 4 is 29.1 Å². The number of fused-ring (bicyclic) bond motifs is 1. The van der Waals surface area contributed by atoms with Crippen LogP contribution in [0.25, 0.3) is 0 Å². The van der Waals surface area contributed by atoms with Crippen molar-refractivity contribution in [1.29, 1.82) is 0 Å². The number of halogens is 1. The number of benzene rings is 2. The van der Waals surface area contributed by atoms with Crippen molar-refractivity contribution in [3.63, 3.8) is 0 Å². The lowest BCUT2D eigenvalue weighted by molar-refractivity contribution is 0.122. The number of nitrogens with one attached hydrogen (secondary N) is 1. The fourth-order valence-corrected chi connectivity index (χ4v) is 4.53. The van der Waals surface area contributed by atoms with Gasteiger partial charge in [-0.05, 0) is 41.2 Å². The minimum Gasteiger partial charge on any atom is -0.449 e. The van der Waals surface area contributed by atoms with Gasteiger partial charge in [-0.1, -0.05) is 37.6 Å². The van der Waals surface area contributed by atoms with Gasteiger partial charge in [-0.25, -0.2) is 4.79 Å². The largest absolute Gasteiger partial charge is 0.511 e. The Kier molecular flexibility index (Phi) is 5.32. The molecule has 0 saturated carbocycles. The summed E-state index contributed by atoms with van der Waals surface area (Å²) in [5.74, 6) is 0.241. The molecule has 7 heteroatoms. The highest BCUT2D eigenvalue weighted by atomic mass is 35.5. The van der Waals surface area contributed by atoms with E-state index in [-0.39, 0.29) is 17.2 Å². The zero-order valence-corrected chi connectivity index (χ0v) is 17.3. The van der Waals surface area contributed by atoms with Gasteiger partial charge in [0.25, 0.3) is 0 Å². The van der Waals surface area contributed by atoms with Gasteiger partial charge in [0.05, 0.1) is 24.9 Å². The highest BCUT2D eigenvalue weighted by Crippen LogP contribution is 2.49. The topological polar surface area (TPSA) is 71.0 Å². The number of anilines is 2. The van der Waals surface area contributed by atoms with E-state index in [4.69, 9.17) is 26.2 Å². The number of hydrogen-bond donors (Lipinski definition) is 2. The Morgan fingerprint density at radius 1 is 1.28 bits per heavy atom. The van der Waals surface area contributed by atoms with Gasteiger partial charge in [-0.2, -0.15) is 0 Å². The summed E-state index contributed by atoms with van der Waals surface area (Å²) in [4.78, 5) is 13.5. The molecule has 2 aliphatic heterocycles. The van der Waals surface area contributed by atoms with Crippen LogP contribution in [0, 0.1) is 5.41 Å². The van der Waals surface area contributed by atoms with Crippen LogP contribution in [0.1, 0.15) is 31.0 Å². The number of nitrogens with zero attached hydrogens (tertiary/aromatic N) is 1. The van der Waals surface area contributed by atoms with Crippen molar-refractivity contribution < 1.29 is 19.4 Å². The number of ether oxygens (including phenoxy) is 2. The van der Waals surface area contributed by atoms with Gasteiger partial charge in [-0.3, -0.25) is 0 Å². The summed E-state index contributed by atoms with van der Waals surface area (Å²) < 4.78 is 10.5. The third kappa shape index (κ3) is 4.14. The molecule has 29 heavy (non-hydrogen) atoms. The molecule has 1 unspecified atom stereocenters. The Morgan fingerprint density at radius 3 is 2.76 bits per heavy atom. The van der Waals surface area contributed by atoms with Gasteiger partial charge in [0.15, 0.2) is 5.75 Å². The standard InChI is InChI=1S/C22H25ClN2O4/c1-22(2)13-15-10-16(23)12-18(29-21(26)27)19(15)24-20(22)14-4-3-5-17(11-14)25-6-8-28-9-7-25/h3-5,10-12,20,24H,6-9,13H2,1-2H3,(H,26,27). The lowest BCUT2D eigenvalue weighted by atomic mass is 9.73. The molecule has 0 bridgehead atoms. The molecule has 0 spiro atoms. The van der Waals surface area contributed by atoms with E-state index in [0.717, 1.165) is 43.9 Å². The van der Waals surface area contributed by atoms with Crippen molar-refractivity contribution in [3.8, 4) is 5.75 Å². The Hall–Kier alpha value is -2.44. The molecule has 1 saturated heterocycles. The fraction of sp³-hybridized carbons (Fsp3) is 0.409. The molecule has 1 atom stereocenters. The SMILES string of the molecule is CC1(C)Cc2cc(Cl)cc(OC(=O)O)c2NC1c1cccc(N2CCOCC2)c1. The average Bonchev–Trinajstić information content (AvgIpc) is 2.67. The summed E-state index contributed by atoms with van der Waals surface area (Å²) in [6, 6.07) is 11.9. The van der Waals surface area contributed by atoms with Crippen molar-refractivity contribution in [2.75, 3.05) is 36.5 Å². The molecule has 0 amide bonds. The first-order chi connectivity index (χ1) is 13.8. The molecule has 6 nitrogen and oxygen atoms in total. The van der Waals surface area contributed by atoms with Crippen LogP contribution in [-0.2, 0) is 11.2 Å². The van der Waals surface area contributed by atoms with Crippen molar-refractivity contribution in [2.45, 2.75) is 26.3 Å². The van der Waals surface area contributed by atoms with E-state index >= 15 is 0 Å². The van der Waals surface area contributed by atoms with Crippen LogP contribution in [0.3, 0.4) is 0 Å². The highest BCUT2D eigenvalue weighted by Gasteiger charge is 2.38. The van der Waals surface area contributed by atoms with E-state index in [0.29, 0.717) is 10.7 Å². The van der Waals surface area contributed by atoms with Crippen LogP contribution in [0.4, 0.5) is 16.2 Å². The van der Waals surface area contributed by atoms with Crippen LogP contribution in [0.15, 0.2) is 36.4 Å². The second-order valence-corrected chi connectivity index (χ2v) is 8.68. The van der Waals surface area contributed by atoms with Gasteiger partial charge in [0.2, 0.25) is 0 Å². The van der Waals surface area contributed by atoms with Crippen LogP contribution >= 0.6 is 11.6 Å². The predicted molar refractivity (Wildman–Crippen MR) is 113 cm³/mol. The molecule has 2 N–H and O–H groups in total. The number of carboxylic acid groups (broad SMARTS) is 1. The van der Waals surface area contributed by atoms with Crippen LogP contribution in [0.2, 0.25) is 5.02 Å². The first kappa shape index (κ1) is 19.9. The van der Waals surface area contributed by atoms with E-state index in [1.807, 2.05) is 6.07 Å². The molecule has 2 aromatic rings. The molecule has 0 aromatic heterocycles. The van der Waals surface area contributed by atoms with Crippen molar-refractivity contribution in [1.82, 2.24) is 0 Å². The van der Waals surface area contributed by atoms with E-state index in [1.54, 1.807) is 6.07 Å². The van der Waals surface area contributed by atoms with Crippen molar-refractivity contribution in [3.05, 3.63) is 52.5 Å². The summed E-state index contributed by atoms with van der Waals surface area (Å²) in [6.07, 6.45) is -0.606. The third-order valence-electron chi connectivity index (χ3n) is 5.64. The zero-order chi connectivity index (χ0) is 20.6. The molecular formula is C22H25ClN2O4. The molecule has 4 rings (SSSR count). The van der Waals surface area contributed by atoms with Crippen LogP contribution in [0.5, 0.6) is 5.75 Å².